The topological polar surface area (TPSA) is 28.7 Å². The number of rotatable bonds is 2. The Morgan fingerprint density at radius 1 is 1.00 bits per heavy atom. The minimum absolute atomic E-state index is 1.02. The van der Waals surface area contributed by atoms with E-state index in [1.807, 2.05) is 36.4 Å². The molecule has 0 atom stereocenters. The monoisotopic (exact) mass is 170 g/mol. The molecule has 0 fully saturated rings. The van der Waals surface area contributed by atoms with Gasteiger partial charge in [0.15, 0.2) is 0 Å². The van der Waals surface area contributed by atoms with Crippen molar-refractivity contribution in [3.8, 4) is 0 Å². The molecule has 0 unspecified atom stereocenters. The summed E-state index contributed by atoms with van der Waals surface area (Å²) in [5.74, 6) is 0. The number of hydrogen-bond acceptors (Lipinski definition) is 1. The Hall–Kier alpha value is -1.83. The van der Waals surface area contributed by atoms with Crippen molar-refractivity contribution in [2.75, 3.05) is 0 Å². The molecule has 0 amide bonds. The molecule has 13 heavy (non-hydrogen) atoms. The number of benzene rings is 1. The summed E-state index contributed by atoms with van der Waals surface area (Å²) in [4.78, 5) is 0. The second-order valence-corrected chi connectivity index (χ2v) is 2.76. The quantitative estimate of drug-likeness (QED) is 0.737. The van der Waals surface area contributed by atoms with Gasteiger partial charge in [0.05, 0.1) is 5.69 Å². The average Bonchev–Trinajstić information content (AvgIpc) is 2.69. The highest BCUT2D eigenvalue weighted by Crippen LogP contribution is 2.04. The lowest BCUT2D eigenvalue weighted by molar-refractivity contribution is 1.08. The summed E-state index contributed by atoms with van der Waals surface area (Å²) >= 11 is 0. The molecule has 2 aromatic rings. The second-order valence-electron chi connectivity index (χ2n) is 2.76. The molecule has 0 spiro atoms. The third kappa shape index (κ3) is 2.06. The van der Waals surface area contributed by atoms with Crippen LogP contribution in [0.1, 0.15) is 11.3 Å². The molecule has 0 saturated carbocycles. The maximum absolute atomic E-state index is 3.86. The van der Waals surface area contributed by atoms with Crippen molar-refractivity contribution in [2.45, 2.75) is 0 Å². The lowest BCUT2D eigenvalue weighted by Gasteiger charge is -1.89. The van der Waals surface area contributed by atoms with Crippen LogP contribution in [-0.2, 0) is 0 Å². The first-order chi connectivity index (χ1) is 6.45. The van der Waals surface area contributed by atoms with Crippen molar-refractivity contribution < 1.29 is 0 Å². The van der Waals surface area contributed by atoms with Crippen LogP contribution in [0.2, 0.25) is 0 Å². The predicted octanol–water partition coefficient (Wildman–Crippen LogP) is 2.58. The number of hydrogen-bond donors (Lipinski definition) is 1. The van der Waals surface area contributed by atoms with Crippen LogP contribution in [0.5, 0.6) is 0 Å². The summed E-state index contributed by atoms with van der Waals surface area (Å²) in [5, 5.41) is 6.73. The summed E-state index contributed by atoms with van der Waals surface area (Å²) in [5.41, 5.74) is 2.21. The number of nitrogens with zero attached hydrogens (tertiary/aromatic N) is 1. The van der Waals surface area contributed by atoms with Crippen molar-refractivity contribution in [1.29, 1.82) is 0 Å². The van der Waals surface area contributed by atoms with Gasteiger partial charge in [-0.3, -0.25) is 5.10 Å². The number of H-pyrrole nitrogens is 1. The fourth-order valence-corrected chi connectivity index (χ4v) is 1.11. The molecule has 0 aliphatic carbocycles. The fourth-order valence-electron chi connectivity index (χ4n) is 1.11. The maximum atomic E-state index is 3.86. The molecule has 2 heteroatoms. The highest BCUT2D eigenvalue weighted by Gasteiger charge is 1.85. The van der Waals surface area contributed by atoms with Crippen molar-refractivity contribution in [3.05, 3.63) is 53.9 Å². The SMILES string of the molecule is C(=C/c1ccn[nH]1)/c1ccccc1. The molecule has 1 aromatic carbocycles. The third-order valence-electron chi connectivity index (χ3n) is 1.78. The van der Waals surface area contributed by atoms with Gasteiger partial charge in [-0.05, 0) is 17.7 Å². The van der Waals surface area contributed by atoms with E-state index in [1.54, 1.807) is 6.20 Å². The zero-order valence-corrected chi connectivity index (χ0v) is 7.14. The Kier molecular flexibility index (Phi) is 2.23. The van der Waals surface area contributed by atoms with E-state index >= 15 is 0 Å². The first kappa shape index (κ1) is 7.80. The van der Waals surface area contributed by atoms with Crippen LogP contribution < -0.4 is 0 Å². The number of aromatic amines is 1. The predicted molar refractivity (Wildman–Crippen MR) is 54.0 cm³/mol. The summed E-state index contributed by atoms with van der Waals surface area (Å²) in [6, 6.07) is 12.1. The van der Waals surface area contributed by atoms with Crippen LogP contribution in [0, 0.1) is 0 Å². The Morgan fingerprint density at radius 2 is 1.85 bits per heavy atom. The second kappa shape index (κ2) is 3.72. The maximum Gasteiger partial charge on any atom is 0.0577 e. The molecular formula is C11H10N2. The van der Waals surface area contributed by atoms with Crippen LogP contribution in [0.3, 0.4) is 0 Å². The Morgan fingerprint density at radius 3 is 2.54 bits per heavy atom. The third-order valence-corrected chi connectivity index (χ3v) is 1.78. The first-order valence-electron chi connectivity index (χ1n) is 4.18. The summed E-state index contributed by atoms with van der Waals surface area (Å²) < 4.78 is 0. The number of nitrogens with one attached hydrogen (secondary N) is 1. The van der Waals surface area contributed by atoms with Crippen molar-refractivity contribution in [3.63, 3.8) is 0 Å². The van der Waals surface area contributed by atoms with E-state index < -0.39 is 0 Å². The molecule has 0 saturated heterocycles. The normalized spacial score (nSPS) is 10.8. The Balaban J connectivity index is 2.15. The molecule has 2 rings (SSSR count). The summed E-state index contributed by atoms with van der Waals surface area (Å²) in [6.45, 7) is 0. The largest absolute Gasteiger partial charge is 0.278 e. The van der Waals surface area contributed by atoms with Crippen LogP contribution >= 0.6 is 0 Å². The van der Waals surface area contributed by atoms with Gasteiger partial charge >= 0.3 is 0 Å². The van der Waals surface area contributed by atoms with E-state index in [9.17, 15) is 0 Å². The van der Waals surface area contributed by atoms with Gasteiger partial charge in [0.25, 0.3) is 0 Å². The molecule has 64 valence electrons. The van der Waals surface area contributed by atoms with Gasteiger partial charge in [-0.15, -0.1) is 0 Å². The van der Waals surface area contributed by atoms with Crippen LogP contribution in [0.15, 0.2) is 42.6 Å². The molecule has 2 nitrogen and oxygen atoms in total. The van der Waals surface area contributed by atoms with E-state index in [4.69, 9.17) is 0 Å². The standard InChI is InChI=1S/C11H10N2/c1-2-4-10(5-3-1)6-7-11-8-9-12-13-11/h1-9H,(H,12,13)/b7-6-. The highest BCUT2D eigenvalue weighted by molar-refractivity contribution is 5.67. The zero-order valence-electron chi connectivity index (χ0n) is 7.14. The molecular weight excluding hydrogens is 160 g/mol. The van der Waals surface area contributed by atoms with Crippen molar-refractivity contribution >= 4 is 12.2 Å². The average molecular weight is 170 g/mol. The first-order valence-corrected chi connectivity index (χ1v) is 4.18. The lowest BCUT2D eigenvalue weighted by atomic mass is 10.2. The Labute approximate surface area is 76.9 Å². The van der Waals surface area contributed by atoms with Gasteiger partial charge in [-0.25, -0.2) is 0 Å². The van der Waals surface area contributed by atoms with Crippen LogP contribution in [-0.4, -0.2) is 10.2 Å². The summed E-state index contributed by atoms with van der Waals surface area (Å²) in [7, 11) is 0. The highest BCUT2D eigenvalue weighted by atomic mass is 15.1. The van der Waals surface area contributed by atoms with E-state index in [-0.39, 0.29) is 0 Å². The summed E-state index contributed by atoms with van der Waals surface area (Å²) in [6.07, 6.45) is 5.79. The van der Waals surface area contributed by atoms with Crippen LogP contribution in [0.4, 0.5) is 0 Å². The van der Waals surface area contributed by atoms with Gasteiger partial charge in [0.1, 0.15) is 0 Å². The van der Waals surface area contributed by atoms with E-state index in [1.165, 1.54) is 5.56 Å². The fraction of sp³-hybridized carbons (Fsp3) is 0. The van der Waals surface area contributed by atoms with E-state index in [0.29, 0.717) is 0 Å². The van der Waals surface area contributed by atoms with E-state index in [0.717, 1.165) is 5.69 Å². The van der Waals surface area contributed by atoms with Gasteiger partial charge < -0.3 is 0 Å². The molecule has 0 aliphatic rings. The van der Waals surface area contributed by atoms with Crippen molar-refractivity contribution in [1.82, 2.24) is 10.2 Å². The van der Waals surface area contributed by atoms with Gasteiger partial charge in [-0.1, -0.05) is 36.4 Å². The smallest absolute Gasteiger partial charge is 0.0577 e. The molecule has 1 aromatic heterocycles. The minimum Gasteiger partial charge on any atom is -0.278 e. The van der Waals surface area contributed by atoms with Crippen molar-refractivity contribution in [2.24, 2.45) is 0 Å². The number of aromatic nitrogens is 2. The lowest BCUT2D eigenvalue weighted by Crippen LogP contribution is -1.71. The molecule has 0 bridgehead atoms. The molecule has 0 aliphatic heterocycles. The Bertz CT molecular complexity index is 374. The minimum atomic E-state index is 1.02. The molecule has 1 N–H and O–H groups in total. The van der Waals surface area contributed by atoms with Gasteiger partial charge in [-0.2, -0.15) is 5.10 Å². The molecule has 1 heterocycles. The molecule has 0 radical (unpaired) electrons. The van der Waals surface area contributed by atoms with Gasteiger partial charge in [0.2, 0.25) is 0 Å². The zero-order chi connectivity index (χ0) is 8.93. The van der Waals surface area contributed by atoms with Gasteiger partial charge in [0, 0.05) is 6.20 Å². The van der Waals surface area contributed by atoms with Crippen LogP contribution in [0.25, 0.3) is 12.2 Å². The van der Waals surface area contributed by atoms with E-state index in [2.05, 4.69) is 22.3 Å².